The summed E-state index contributed by atoms with van der Waals surface area (Å²) in [7, 11) is -2.04. The molecule has 1 amide bonds. The minimum absolute atomic E-state index is 0.0577. The molecule has 32 heavy (non-hydrogen) atoms. The van der Waals surface area contributed by atoms with Crippen LogP contribution in [0.15, 0.2) is 66.7 Å². The Bertz CT molecular complexity index is 1380. The van der Waals surface area contributed by atoms with Crippen molar-refractivity contribution >= 4 is 26.8 Å². The highest BCUT2D eigenvalue weighted by molar-refractivity contribution is 7.90. The van der Waals surface area contributed by atoms with E-state index in [4.69, 9.17) is 4.74 Å². The normalized spacial score (nSPS) is 11.4. The maximum absolute atomic E-state index is 12.4. The van der Waals surface area contributed by atoms with Gasteiger partial charge in [0.2, 0.25) is 10.0 Å². The molecule has 0 unspecified atom stereocenters. The van der Waals surface area contributed by atoms with Crippen molar-refractivity contribution in [3.05, 3.63) is 83.7 Å². The van der Waals surface area contributed by atoms with Gasteiger partial charge in [-0.25, -0.2) is 18.1 Å². The molecule has 7 nitrogen and oxygen atoms in total. The lowest BCUT2D eigenvalue weighted by Crippen LogP contribution is -2.32. The number of hydrogen-bond donors (Lipinski definition) is 2. The number of benzene rings is 2. The molecule has 2 aromatic carbocycles. The SMILES string of the molecule is CCS(=O)(=O)NC(=O)c1cccc(Cc2c(-c3ccccc3)[nH]c3cc(OC)ccc23)n1. The number of pyridine rings is 1. The Morgan fingerprint density at radius 3 is 2.56 bits per heavy atom. The first kappa shape index (κ1) is 21.6. The molecule has 2 N–H and O–H groups in total. The maximum Gasteiger partial charge on any atom is 0.283 e. The van der Waals surface area contributed by atoms with E-state index in [0.717, 1.165) is 33.5 Å². The number of carbonyl (C=O) groups is 1. The predicted molar refractivity (Wildman–Crippen MR) is 124 cm³/mol. The number of sulfonamides is 1. The highest BCUT2D eigenvalue weighted by Crippen LogP contribution is 2.33. The summed E-state index contributed by atoms with van der Waals surface area (Å²) < 4.78 is 30.9. The van der Waals surface area contributed by atoms with Crippen LogP contribution in [0.2, 0.25) is 0 Å². The number of aromatic amines is 1. The molecule has 4 aromatic rings. The fraction of sp³-hybridized carbons (Fsp3) is 0.167. The molecule has 0 bridgehead atoms. The number of methoxy groups -OCH3 is 1. The smallest absolute Gasteiger partial charge is 0.283 e. The number of hydrogen-bond acceptors (Lipinski definition) is 5. The van der Waals surface area contributed by atoms with Gasteiger partial charge in [0, 0.05) is 29.1 Å². The van der Waals surface area contributed by atoms with E-state index in [0.29, 0.717) is 12.1 Å². The molecule has 2 aromatic heterocycles. The fourth-order valence-electron chi connectivity index (χ4n) is 3.55. The lowest BCUT2D eigenvalue weighted by Gasteiger charge is -2.08. The van der Waals surface area contributed by atoms with Crippen molar-refractivity contribution in [3.8, 4) is 17.0 Å². The molecular formula is C24H23N3O4S. The van der Waals surface area contributed by atoms with Gasteiger partial charge in [-0.1, -0.05) is 36.4 Å². The van der Waals surface area contributed by atoms with Crippen LogP contribution in [0, 0.1) is 0 Å². The van der Waals surface area contributed by atoms with Gasteiger partial charge < -0.3 is 9.72 Å². The lowest BCUT2D eigenvalue weighted by molar-refractivity contribution is 0.0976. The third-order valence-electron chi connectivity index (χ3n) is 5.20. The highest BCUT2D eigenvalue weighted by atomic mass is 32.2. The fourth-order valence-corrected chi connectivity index (χ4v) is 4.08. The second-order valence-corrected chi connectivity index (χ2v) is 9.29. The van der Waals surface area contributed by atoms with Crippen molar-refractivity contribution in [1.82, 2.24) is 14.7 Å². The van der Waals surface area contributed by atoms with Gasteiger partial charge in [0.1, 0.15) is 11.4 Å². The van der Waals surface area contributed by atoms with Gasteiger partial charge in [0.05, 0.1) is 18.6 Å². The summed E-state index contributed by atoms with van der Waals surface area (Å²) in [6.07, 6.45) is 0.457. The minimum atomic E-state index is -3.66. The number of fused-ring (bicyclic) bond motifs is 1. The first-order chi connectivity index (χ1) is 15.4. The molecule has 0 aliphatic heterocycles. The van der Waals surface area contributed by atoms with Crippen LogP contribution in [-0.4, -0.2) is 37.2 Å². The molecule has 2 heterocycles. The summed E-state index contributed by atoms with van der Waals surface area (Å²) in [5.41, 5.74) is 4.66. The summed E-state index contributed by atoms with van der Waals surface area (Å²) >= 11 is 0. The van der Waals surface area contributed by atoms with E-state index in [-0.39, 0.29) is 11.4 Å². The van der Waals surface area contributed by atoms with Gasteiger partial charge in [0.15, 0.2) is 0 Å². The van der Waals surface area contributed by atoms with Crippen molar-refractivity contribution in [2.24, 2.45) is 0 Å². The number of carbonyl (C=O) groups excluding carboxylic acids is 1. The van der Waals surface area contributed by atoms with E-state index in [1.54, 1.807) is 13.2 Å². The van der Waals surface area contributed by atoms with Crippen molar-refractivity contribution < 1.29 is 17.9 Å². The molecule has 4 rings (SSSR count). The van der Waals surface area contributed by atoms with Gasteiger partial charge in [-0.05, 0) is 42.3 Å². The van der Waals surface area contributed by atoms with Crippen molar-refractivity contribution in [2.45, 2.75) is 13.3 Å². The average molecular weight is 450 g/mol. The van der Waals surface area contributed by atoms with Crippen LogP contribution in [-0.2, 0) is 16.4 Å². The van der Waals surface area contributed by atoms with Crippen LogP contribution >= 0.6 is 0 Å². The third kappa shape index (κ3) is 4.50. The zero-order chi connectivity index (χ0) is 22.7. The van der Waals surface area contributed by atoms with E-state index >= 15 is 0 Å². The van der Waals surface area contributed by atoms with Gasteiger partial charge in [0.25, 0.3) is 5.91 Å². The minimum Gasteiger partial charge on any atom is -0.497 e. The molecular weight excluding hydrogens is 426 g/mol. The number of amides is 1. The Labute approximate surface area is 186 Å². The number of aromatic nitrogens is 2. The highest BCUT2D eigenvalue weighted by Gasteiger charge is 2.18. The first-order valence-corrected chi connectivity index (χ1v) is 11.8. The quantitative estimate of drug-likeness (QED) is 0.446. The topological polar surface area (TPSA) is 101 Å². The first-order valence-electron chi connectivity index (χ1n) is 10.1. The van der Waals surface area contributed by atoms with Gasteiger partial charge in [-0.3, -0.25) is 4.79 Å². The van der Waals surface area contributed by atoms with Crippen LogP contribution in [0.25, 0.3) is 22.2 Å². The number of rotatable bonds is 7. The summed E-state index contributed by atoms with van der Waals surface area (Å²) in [4.78, 5) is 20.3. The van der Waals surface area contributed by atoms with Gasteiger partial charge in [-0.15, -0.1) is 0 Å². The molecule has 0 radical (unpaired) electrons. The summed E-state index contributed by atoms with van der Waals surface area (Å²) in [5, 5.41) is 1.02. The van der Waals surface area contributed by atoms with Gasteiger partial charge >= 0.3 is 0 Å². The second-order valence-electron chi connectivity index (χ2n) is 7.28. The van der Waals surface area contributed by atoms with E-state index in [1.165, 1.54) is 13.0 Å². The molecule has 0 saturated heterocycles. The Balaban J connectivity index is 1.75. The maximum atomic E-state index is 12.4. The Kier molecular flexibility index (Phi) is 5.96. The average Bonchev–Trinajstić information content (AvgIpc) is 3.17. The lowest BCUT2D eigenvalue weighted by atomic mass is 10.0. The number of nitrogens with one attached hydrogen (secondary N) is 2. The largest absolute Gasteiger partial charge is 0.497 e. The zero-order valence-corrected chi connectivity index (χ0v) is 18.6. The molecule has 0 aliphatic rings. The third-order valence-corrected chi connectivity index (χ3v) is 6.46. The Morgan fingerprint density at radius 1 is 1.06 bits per heavy atom. The zero-order valence-electron chi connectivity index (χ0n) is 17.8. The summed E-state index contributed by atoms with van der Waals surface area (Å²) in [6.45, 7) is 1.47. The summed E-state index contributed by atoms with van der Waals surface area (Å²) in [6, 6.07) is 20.8. The second kappa shape index (κ2) is 8.84. The van der Waals surface area contributed by atoms with Crippen molar-refractivity contribution in [1.29, 1.82) is 0 Å². The molecule has 0 saturated carbocycles. The molecule has 0 aliphatic carbocycles. The van der Waals surface area contributed by atoms with Crippen molar-refractivity contribution in [2.75, 3.05) is 12.9 Å². The van der Waals surface area contributed by atoms with E-state index < -0.39 is 15.9 Å². The van der Waals surface area contributed by atoms with Crippen LogP contribution < -0.4 is 9.46 Å². The van der Waals surface area contributed by atoms with Crippen LogP contribution in [0.1, 0.15) is 28.7 Å². The Morgan fingerprint density at radius 2 is 1.84 bits per heavy atom. The molecule has 0 fully saturated rings. The number of ether oxygens (including phenoxy) is 1. The molecule has 0 spiro atoms. The van der Waals surface area contributed by atoms with E-state index in [2.05, 4.69) is 9.97 Å². The number of H-pyrrole nitrogens is 1. The monoisotopic (exact) mass is 449 g/mol. The van der Waals surface area contributed by atoms with E-state index in [1.807, 2.05) is 59.3 Å². The van der Waals surface area contributed by atoms with Crippen LogP contribution in [0.5, 0.6) is 5.75 Å². The van der Waals surface area contributed by atoms with Crippen LogP contribution in [0.3, 0.4) is 0 Å². The van der Waals surface area contributed by atoms with Crippen LogP contribution in [0.4, 0.5) is 0 Å². The number of nitrogens with zero attached hydrogens (tertiary/aromatic N) is 1. The molecule has 0 atom stereocenters. The summed E-state index contributed by atoms with van der Waals surface area (Å²) in [5.74, 6) is -0.169. The Hall–Kier alpha value is -3.65. The molecule has 164 valence electrons. The predicted octanol–water partition coefficient (Wildman–Crippen LogP) is 3.91. The standard InChI is InChI=1S/C24H23N3O4S/c1-3-32(29,30)27-24(28)21-11-7-10-17(25-21)14-20-19-13-12-18(31-2)15-22(19)26-23(20)16-8-5-4-6-9-16/h4-13,15,26H,3,14H2,1-2H3,(H,27,28). The van der Waals surface area contributed by atoms with E-state index in [9.17, 15) is 13.2 Å². The van der Waals surface area contributed by atoms with Gasteiger partial charge in [-0.2, -0.15) is 0 Å². The molecule has 8 heteroatoms. The van der Waals surface area contributed by atoms with Crippen molar-refractivity contribution in [3.63, 3.8) is 0 Å².